The summed E-state index contributed by atoms with van der Waals surface area (Å²) in [5.41, 5.74) is 0.995. The monoisotopic (exact) mass is 255 g/mol. The van der Waals surface area contributed by atoms with Crippen LogP contribution in [-0.4, -0.2) is 5.97 Å². The smallest absolute Gasteiger partial charge is 0.343 e. The topological polar surface area (TPSA) is 50.1 Å². The Bertz CT molecular complexity index is 629. The van der Waals surface area contributed by atoms with Crippen LogP contribution in [0.1, 0.15) is 15.9 Å². The van der Waals surface area contributed by atoms with Gasteiger partial charge in [0.1, 0.15) is 11.6 Å². The van der Waals surface area contributed by atoms with Crippen LogP contribution in [0.4, 0.5) is 4.39 Å². The van der Waals surface area contributed by atoms with Gasteiger partial charge in [-0.15, -0.1) is 0 Å². The fraction of sp³-hybridized carbons (Fsp3) is 0.0667. The maximum atomic E-state index is 13.0. The summed E-state index contributed by atoms with van der Waals surface area (Å²) in [6.07, 6.45) is 0.304. The van der Waals surface area contributed by atoms with Crippen molar-refractivity contribution < 1.29 is 13.9 Å². The number of carbonyl (C=O) groups excluding carboxylic acids is 1. The van der Waals surface area contributed by atoms with Crippen molar-refractivity contribution in [1.29, 1.82) is 5.26 Å². The van der Waals surface area contributed by atoms with Gasteiger partial charge in [-0.3, -0.25) is 0 Å². The molecular weight excluding hydrogens is 245 g/mol. The Morgan fingerprint density at radius 1 is 1.21 bits per heavy atom. The Morgan fingerprint density at radius 2 is 1.95 bits per heavy atom. The molecule has 0 aromatic heterocycles. The minimum absolute atomic E-state index is 0.154. The molecule has 0 heterocycles. The van der Waals surface area contributed by atoms with Crippen LogP contribution in [0.3, 0.4) is 0 Å². The highest BCUT2D eigenvalue weighted by Crippen LogP contribution is 2.15. The highest BCUT2D eigenvalue weighted by Gasteiger charge is 2.09. The summed E-state index contributed by atoms with van der Waals surface area (Å²) < 4.78 is 18.1. The lowest BCUT2D eigenvalue weighted by molar-refractivity contribution is 0.0734. The van der Waals surface area contributed by atoms with Gasteiger partial charge >= 0.3 is 5.97 Å². The van der Waals surface area contributed by atoms with Crippen LogP contribution < -0.4 is 4.74 Å². The van der Waals surface area contributed by atoms with Gasteiger partial charge in [-0.05, 0) is 35.9 Å². The highest BCUT2D eigenvalue weighted by molar-refractivity contribution is 5.91. The van der Waals surface area contributed by atoms with Crippen molar-refractivity contribution in [3.63, 3.8) is 0 Å². The molecule has 0 aliphatic carbocycles. The third kappa shape index (κ3) is 3.39. The second kappa shape index (κ2) is 5.78. The number of halogens is 1. The van der Waals surface area contributed by atoms with E-state index in [0.29, 0.717) is 12.2 Å². The van der Waals surface area contributed by atoms with Crippen molar-refractivity contribution in [3.8, 4) is 11.8 Å². The zero-order valence-corrected chi connectivity index (χ0v) is 9.97. The first kappa shape index (κ1) is 12.8. The standard InChI is InChI=1S/C15H10FNO2/c16-13-3-1-2-12(10-13)15(18)19-14-6-4-11(5-7-14)8-9-17/h1-7,10H,8H2. The van der Waals surface area contributed by atoms with Crippen molar-refractivity contribution in [1.82, 2.24) is 0 Å². The number of esters is 1. The third-order valence-corrected chi connectivity index (χ3v) is 2.48. The van der Waals surface area contributed by atoms with E-state index in [2.05, 4.69) is 0 Å². The largest absolute Gasteiger partial charge is 0.423 e. The SMILES string of the molecule is N#CCc1ccc(OC(=O)c2cccc(F)c2)cc1. The summed E-state index contributed by atoms with van der Waals surface area (Å²) in [5.74, 6) is -0.748. The first-order valence-electron chi connectivity index (χ1n) is 5.62. The normalized spacial score (nSPS) is 9.68. The van der Waals surface area contributed by atoms with E-state index in [4.69, 9.17) is 10.00 Å². The molecule has 0 saturated carbocycles. The summed E-state index contributed by atoms with van der Waals surface area (Å²) in [5, 5.41) is 8.54. The number of carbonyl (C=O) groups is 1. The Balaban J connectivity index is 2.09. The summed E-state index contributed by atoms with van der Waals surface area (Å²) in [7, 11) is 0. The molecule has 0 saturated heterocycles. The fourth-order valence-electron chi connectivity index (χ4n) is 1.55. The van der Waals surface area contributed by atoms with Crippen molar-refractivity contribution in [2.45, 2.75) is 6.42 Å². The molecule has 0 unspecified atom stereocenters. The summed E-state index contributed by atoms with van der Waals surface area (Å²) in [4.78, 5) is 11.7. The van der Waals surface area contributed by atoms with Crippen molar-refractivity contribution >= 4 is 5.97 Å². The molecule has 2 aromatic rings. The molecule has 0 fully saturated rings. The van der Waals surface area contributed by atoms with Crippen LogP contribution in [-0.2, 0) is 6.42 Å². The summed E-state index contributed by atoms with van der Waals surface area (Å²) >= 11 is 0. The molecular formula is C15H10FNO2. The zero-order chi connectivity index (χ0) is 13.7. The first-order valence-corrected chi connectivity index (χ1v) is 5.62. The summed E-state index contributed by atoms with van der Waals surface area (Å²) in [6.45, 7) is 0. The van der Waals surface area contributed by atoms with Gasteiger partial charge in [0.05, 0.1) is 18.1 Å². The fourth-order valence-corrected chi connectivity index (χ4v) is 1.55. The van der Waals surface area contributed by atoms with Crippen LogP contribution >= 0.6 is 0 Å². The molecule has 0 N–H and O–H groups in total. The quantitative estimate of drug-likeness (QED) is 0.625. The maximum absolute atomic E-state index is 13.0. The van der Waals surface area contributed by atoms with Gasteiger partial charge in [0.2, 0.25) is 0 Å². The third-order valence-electron chi connectivity index (χ3n) is 2.48. The van der Waals surface area contributed by atoms with Crippen LogP contribution in [0, 0.1) is 17.1 Å². The number of ether oxygens (including phenoxy) is 1. The van der Waals surface area contributed by atoms with Crippen molar-refractivity contribution in [3.05, 3.63) is 65.5 Å². The average Bonchev–Trinajstić information content (AvgIpc) is 2.41. The number of hydrogen-bond acceptors (Lipinski definition) is 3. The lowest BCUT2D eigenvalue weighted by atomic mass is 10.1. The van der Waals surface area contributed by atoms with E-state index >= 15 is 0 Å². The van der Waals surface area contributed by atoms with Crippen LogP contribution in [0.5, 0.6) is 5.75 Å². The van der Waals surface area contributed by atoms with Gasteiger partial charge in [-0.25, -0.2) is 9.18 Å². The second-order valence-corrected chi connectivity index (χ2v) is 3.88. The van der Waals surface area contributed by atoms with Crippen LogP contribution in [0.25, 0.3) is 0 Å². The Hall–Kier alpha value is -2.67. The van der Waals surface area contributed by atoms with E-state index in [9.17, 15) is 9.18 Å². The predicted molar refractivity (Wildman–Crippen MR) is 67.1 cm³/mol. The van der Waals surface area contributed by atoms with E-state index in [1.54, 1.807) is 24.3 Å². The number of nitrogens with zero attached hydrogens (tertiary/aromatic N) is 1. The van der Waals surface area contributed by atoms with E-state index in [-0.39, 0.29) is 5.56 Å². The average molecular weight is 255 g/mol. The van der Waals surface area contributed by atoms with Crippen LogP contribution in [0.15, 0.2) is 48.5 Å². The van der Waals surface area contributed by atoms with Gasteiger partial charge in [-0.2, -0.15) is 5.26 Å². The maximum Gasteiger partial charge on any atom is 0.343 e. The lowest BCUT2D eigenvalue weighted by Gasteiger charge is -2.04. The predicted octanol–water partition coefficient (Wildman–Crippen LogP) is 3.11. The second-order valence-electron chi connectivity index (χ2n) is 3.88. The van der Waals surface area contributed by atoms with E-state index < -0.39 is 11.8 Å². The molecule has 0 spiro atoms. The van der Waals surface area contributed by atoms with E-state index in [1.807, 2.05) is 6.07 Å². The van der Waals surface area contributed by atoms with Crippen LogP contribution in [0.2, 0.25) is 0 Å². The van der Waals surface area contributed by atoms with Crippen molar-refractivity contribution in [2.24, 2.45) is 0 Å². The number of nitriles is 1. The van der Waals surface area contributed by atoms with Crippen molar-refractivity contribution in [2.75, 3.05) is 0 Å². The van der Waals surface area contributed by atoms with Gasteiger partial charge in [0.25, 0.3) is 0 Å². The van der Waals surface area contributed by atoms with E-state index in [0.717, 1.165) is 11.6 Å². The van der Waals surface area contributed by atoms with Gasteiger partial charge in [0, 0.05) is 0 Å². The Labute approximate surface area is 109 Å². The number of benzene rings is 2. The van der Waals surface area contributed by atoms with Gasteiger partial charge in [0.15, 0.2) is 0 Å². The lowest BCUT2D eigenvalue weighted by Crippen LogP contribution is -2.08. The minimum Gasteiger partial charge on any atom is -0.423 e. The molecule has 0 aliphatic rings. The molecule has 0 amide bonds. The molecule has 4 heteroatoms. The minimum atomic E-state index is -0.618. The highest BCUT2D eigenvalue weighted by atomic mass is 19.1. The molecule has 0 atom stereocenters. The molecule has 3 nitrogen and oxygen atoms in total. The first-order chi connectivity index (χ1) is 9.19. The Kier molecular flexibility index (Phi) is 3.89. The molecule has 19 heavy (non-hydrogen) atoms. The Morgan fingerprint density at radius 3 is 2.58 bits per heavy atom. The van der Waals surface area contributed by atoms with Gasteiger partial charge in [-0.1, -0.05) is 18.2 Å². The number of rotatable bonds is 3. The molecule has 0 radical (unpaired) electrons. The molecule has 2 rings (SSSR count). The van der Waals surface area contributed by atoms with Gasteiger partial charge < -0.3 is 4.74 Å². The number of hydrogen-bond donors (Lipinski definition) is 0. The zero-order valence-electron chi connectivity index (χ0n) is 9.97. The molecule has 94 valence electrons. The summed E-state index contributed by atoms with van der Waals surface area (Å²) in [6, 6.07) is 13.9. The molecule has 2 aromatic carbocycles. The molecule has 0 aliphatic heterocycles. The van der Waals surface area contributed by atoms with E-state index in [1.165, 1.54) is 18.2 Å². The molecule has 0 bridgehead atoms.